The van der Waals surface area contributed by atoms with Crippen LogP contribution in [0, 0.1) is 0 Å². The highest BCUT2D eigenvalue weighted by molar-refractivity contribution is 5.75. The molecule has 27 heavy (non-hydrogen) atoms. The zero-order valence-corrected chi connectivity index (χ0v) is 15.9. The topological polar surface area (TPSA) is 87.7 Å². The molecule has 0 aromatic heterocycles. The van der Waals surface area contributed by atoms with Crippen molar-refractivity contribution in [2.75, 3.05) is 0 Å². The molecule has 1 unspecified atom stereocenters. The largest absolute Gasteiger partial charge is 0.480 e. The number of hydrogen-bond donors (Lipinski definition) is 3. The molecule has 0 aliphatic carbocycles. The number of alkyl carbamates (subject to hydrolysis) is 1. The molecule has 0 aliphatic rings. The van der Waals surface area contributed by atoms with Gasteiger partial charge in [0, 0.05) is 13.1 Å². The van der Waals surface area contributed by atoms with Gasteiger partial charge in [-0.1, -0.05) is 54.6 Å². The summed E-state index contributed by atoms with van der Waals surface area (Å²) < 4.78 is 5.22. The highest BCUT2D eigenvalue weighted by atomic mass is 16.6. The fourth-order valence-corrected chi connectivity index (χ4v) is 2.55. The Morgan fingerprint density at radius 3 is 2.22 bits per heavy atom. The van der Waals surface area contributed by atoms with Crippen molar-refractivity contribution in [2.45, 2.75) is 45.5 Å². The van der Waals surface area contributed by atoms with Gasteiger partial charge in [-0.05, 0) is 37.5 Å². The zero-order valence-electron chi connectivity index (χ0n) is 15.9. The van der Waals surface area contributed by atoms with Crippen molar-refractivity contribution in [3.8, 4) is 0 Å². The van der Waals surface area contributed by atoms with Crippen molar-refractivity contribution in [1.29, 1.82) is 0 Å². The molecule has 1 atom stereocenters. The second kappa shape index (κ2) is 9.19. The molecular formula is C21H26N2O4. The summed E-state index contributed by atoms with van der Waals surface area (Å²) in [5.74, 6) is -0.927. The van der Waals surface area contributed by atoms with Crippen LogP contribution in [0.25, 0.3) is 0 Å². The minimum atomic E-state index is -0.927. The fourth-order valence-electron chi connectivity index (χ4n) is 2.55. The minimum absolute atomic E-state index is 0.337. The molecule has 0 heterocycles. The molecule has 144 valence electrons. The third-order valence-corrected chi connectivity index (χ3v) is 3.72. The van der Waals surface area contributed by atoms with Gasteiger partial charge in [-0.2, -0.15) is 0 Å². The molecule has 6 heteroatoms. The van der Waals surface area contributed by atoms with Gasteiger partial charge in [-0.25, -0.2) is 4.79 Å². The number of carboxylic acid groups (broad SMARTS) is 1. The fraction of sp³-hybridized carbons (Fsp3) is 0.333. The lowest BCUT2D eigenvalue weighted by atomic mass is 10.1. The van der Waals surface area contributed by atoms with Crippen molar-refractivity contribution in [1.82, 2.24) is 10.6 Å². The average molecular weight is 370 g/mol. The van der Waals surface area contributed by atoms with Gasteiger partial charge in [0.25, 0.3) is 0 Å². The lowest BCUT2D eigenvalue weighted by Gasteiger charge is -2.19. The molecule has 6 nitrogen and oxygen atoms in total. The number of ether oxygens (including phenoxy) is 1. The Morgan fingerprint density at radius 1 is 1.00 bits per heavy atom. The molecule has 2 rings (SSSR count). The summed E-state index contributed by atoms with van der Waals surface area (Å²) in [5, 5.41) is 15.3. The van der Waals surface area contributed by atoms with E-state index >= 15 is 0 Å². The molecule has 0 saturated heterocycles. The monoisotopic (exact) mass is 370 g/mol. The van der Waals surface area contributed by atoms with Crippen LogP contribution in [-0.2, 0) is 22.6 Å². The van der Waals surface area contributed by atoms with Crippen molar-refractivity contribution in [3.63, 3.8) is 0 Å². The van der Waals surface area contributed by atoms with Gasteiger partial charge in [0.15, 0.2) is 0 Å². The Labute approximate surface area is 159 Å². The first-order chi connectivity index (χ1) is 12.7. The van der Waals surface area contributed by atoms with Crippen LogP contribution in [0.1, 0.15) is 43.5 Å². The number of carbonyl (C=O) groups excluding carboxylic acids is 1. The molecule has 0 bridgehead atoms. The van der Waals surface area contributed by atoms with Crippen LogP contribution in [0.2, 0.25) is 0 Å². The predicted molar refractivity (Wildman–Crippen MR) is 103 cm³/mol. The van der Waals surface area contributed by atoms with E-state index in [0.717, 1.165) is 11.1 Å². The minimum Gasteiger partial charge on any atom is -0.480 e. The summed E-state index contributed by atoms with van der Waals surface area (Å²) in [6.45, 7) is 6.16. The van der Waals surface area contributed by atoms with E-state index in [0.29, 0.717) is 18.7 Å². The highest BCUT2D eigenvalue weighted by Gasteiger charge is 2.19. The molecular weight excluding hydrogens is 344 g/mol. The Morgan fingerprint density at radius 2 is 1.63 bits per heavy atom. The normalized spacial score (nSPS) is 12.3. The van der Waals surface area contributed by atoms with Crippen molar-refractivity contribution >= 4 is 12.1 Å². The lowest BCUT2D eigenvalue weighted by Crippen LogP contribution is -2.32. The molecule has 2 aromatic carbocycles. The van der Waals surface area contributed by atoms with Gasteiger partial charge >= 0.3 is 12.1 Å². The molecule has 0 aliphatic heterocycles. The molecule has 0 spiro atoms. The molecule has 0 fully saturated rings. The third-order valence-electron chi connectivity index (χ3n) is 3.72. The first-order valence-electron chi connectivity index (χ1n) is 8.80. The van der Waals surface area contributed by atoms with Gasteiger partial charge < -0.3 is 15.2 Å². The number of carbonyl (C=O) groups is 2. The van der Waals surface area contributed by atoms with E-state index in [9.17, 15) is 14.7 Å². The summed E-state index contributed by atoms with van der Waals surface area (Å²) in [7, 11) is 0. The van der Waals surface area contributed by atoms with Crippen molar-refractivity contribution in [3.05, 3.63) is 71.3 Å². The second-order valence-electron chi connectivity index (χ2n) is 7.24. The summed E-state index contributed by atoms with van der Waals surface area (Å²) in [5.41, 5.74) is 2.00. The van der Waals surface area contributed by atoms with Gasteiger partial charge in [0.2, 0.25) is 0 Å². The van der Waals surface area contributed by atoms with Gasteiger partial charge in [0.05, 0.1) is 0 Å². The standard InChI is InChI=1S/C21H26N2O4/c1-21(2,3)27-20(26)23-14-16-9-7-8-15(12-16)13-22-18(19(24)25)17-10-5-4-6-11-17/h4-12,18,22H,13-14H2,1-3H3,(H,23,26)(H,24,25). The number of rotatable bonds is 7. The quantitative estimate of drug-likeness (QED) is 0.693. The third kappa shape index (κ3) is 7.11. The number of amides is 1. The summed E-state index contributed by atoms with van der Waals surface area (Å²) in [4.78, 5) is 23.3. The summed E-state index contributed by atoms with van der Waals surface area (Å²) in [6.07, 6.45) is -0.471. The highest BCUT2D eigenvalue weighted by Crippen LogP contribution is 2.14. The molecule has 0 radical (unpaired) electrons. The van der Waals surface area contributed by atoms with E-state index in [1.165, 1.54) is 0 Å². The van der Waals surface area contributed by atoms with E-state index in [4.69, 9.17) is 4.74 Å². The number of benzene rings is 2. The Kier molecular flexibility index (Phi) is 6.96. The van der Waals surface area contributed by atoms with Crippen LogP contribution < -0.4 is 10.6 Å². The number of nitrogens with one attached hydrogen (secondary N) is 2. The van der Waals surface area contributed by atoms with Crippen LogP contribution in [0.3, 0.4) is 0 Å². The Balaban J connectivity index is 1.95. The zero-order chi connectivity index (χ0) is 19.9. The lowest BCUT2D eigenvalue weighted by molar-refractivity contribution is -0.139. The number of aliphatic carboxylic acids is 1. The number of hydrogen-bond acceptors (Lipinski definition) is 4. The maximum Gasteiger partial charge on any atom is 0.407 e. The Bertz CT molecular complexity index is 769. The van der Waals surface area contributed by atoms with Crippen molar-refractivity contribution < 1.29 is 19.4 Å². The van der Waals surface area contributed by atoms with Crippen LogP contribution >= 0.6 is 0 Å². The maximum absolute atomic E-state index is 11.8. The second-order valence-corrected chi connectivity index (χ2v) is 7.24. The predicted octanol–water partition coefficient (Wildman–Crippen LogP) is 3.63. The maximum atomic E-state index is 11.8. The van der Waals surface area contributed by atoms with E-state index in [1.807, 2.05) is 63.2 Å². The molecule has 1 amide bonds. The molecule has 3 N–H and O–H groups in total. The SMILES string of the molecule is CC(C)(C)OC(=O)NCc1cccc(CNC(C(=O)O)c2ccccc2)c1. The van der Waals surface area contributed by atoms with E-state index in [1.54, 1.807) is 12.1 Å². The van der Waals surface area contributed by atoms with Crippen LogP contribution in [0.4, 0.5) is 4.79 Å². The van der Waals surface area contributed by atoms with Gasteiger partial charge in [-0.15, -0.1) is 0 Å². The first-order valence-corrected chi connectivity index (χ1v) is 8.80. The first kappa shape index (κ1) is 20.5. The van der Waals surface area contributed by atoms with E-state index in [-0.39, 0.29) is 0 Å². The van der Waals surface area contributed by atoms with Crippen LogP contribution in [0.15, 0.2) is 54.6 Å². The molecule has 2 aromatic rings. The van der Waals surface area contributed by atoms with E-state index < -0.39 is 23.7 Å². The van der Waals surface area contributed by atoms with E-state index in [2.05, 4.69) is 10.6 Å². The summed E-state index contributed by atoms with van der Waals surface area (Å²) in [6, 6.07) is 15.9. The number of carboxylic acids is 1. The van der Waals surface area contributed by atoms with Crippen LogP contribution in [-0.4, -0.2) is 22.8 Å². The van der Waals surface area contributed by atoms with Gasteiger partial charge in [0.1, 0.15) is 11.6 Å². The van der Waals surface area contributed by atoms with Gasteiger partial charge in [-0.3, -0.25) is 10.1 Å². The molecule has 0 saturated carbocycles. The smallest absolute Gasteiger partial charge is 0.407 e. The van der Waals surface area contributed by atoms with Crippen LogP contribution in [0.5, 0.6) is 0 Å². The summed E-state index contributed by atoms with van der Waals surface area (Å²) >= 11 is 0. The van der Waals surface area contributed by atoms with Crippen molar-refractivity contribution in [2.24, 2.45) is 0 Å². The average Bonchev–Trinajstić information content (AvgIpc) is 2.60. The Hall–Kier alpha value is -2.86.